The van der Waals surface area contributed by atoms with Crippen LogP contribution in [0.2, 0.25) is 0 Å². The number of hydrogen-bond acceptors (Lipinski definition) is 4. The predicted molar refractivity (Wildman–Crippen MR) is 89.7 cm³/mol. The number of ether oxygens (including phenoxy) is 1. The number of nitrogens with zero attached hydrogens (tertiary/aromatic N) is 1. The highest BCUT2D eigenvalue weighted by Gasteiger charge is 2.36. The SMILES string of the molecule is CC(C)(C)OC(=O)N1CCCC1C(=O)NCC(=O)c1ccc(F)cc1. The van der Waals surface area contributed by atoms with Crippen LogP contribution in [0.25, 0.3) is 0 Å². The average Bonchev–Trinajstić information content (AvgIpc) is 3.01. The number of nitrogens with one attached hydrogen (secondary N) is 1. The van der Waals surface area contributed by atoms with Gasteiger partial charge in [-0.05, 0) is 57.9 Å². The molecule has 0 saturated carbocycles. The maximum atomic E-state index is 12.9. The van der Waals surface area contributed by atoms with Crippen LogP contribution in [0.4, 0.5) is 9.18 Å². The summed E-state index contributed by atoms with van der Waals surface area (Å²) in [6.45, 7) is 5.52. The molecule has 1 aliphatic heterocycles. The second kappa shape index (κ2) is 7.63. The first-order valence-corrected chi connectivity index (χ1v) is 8.23. The van der Waals surface area contributed by atoms with Gasteiger partial charge in [0.05, 0.1) is 6.54 Å². The molecule has 1 aromatic carbocycles. The van der Waals surface area contributed by atoms with Crippen LogP contribution in [0.5, 0.6) is 0 Å². The fourth-order valence-electron chi connectivity index (χ4n) is 2.60. The van der Waals surface area contributed by atoms with Gasteiger partial charge in [0.25, 0.3) is 0 Å². The van der Waals surface area contributed by atoms with E-state index in [1.807, 2.05) is 0 Å². The number of amides is 2. The van der Waals surface area contributed by atoms with Crippen molar-refractivity contribution in [2.75, 3.05) is 13.1 Å². The summed E-state index contributed by atoms with van der Waals surface area (Å²) in [6.07, 6.45) is 0.689. The van der Waals surface area contributed by atoms with Gasteiger partial charge in [0.1, 0.15) is 17.5 Å². The lowest BCUT2D eigenvalue weighted by Crippen LogP contribution is -2.48. The lowest BCUT2D eigenvalue weighted by Gasteiger charge is -2.28. The summed E-state index contributed by atoms with van der Waals surface area (Å²) in [5, 5.41) is 2.55. The molecule has 1 unspecified atom stereocenters. The maximum absolute atomic E-state index is 12.9. The van der Waals surface area contributed by atoms with Gasteiger partial charge in [0.2, 0.25) is 5.91 Å². The third-order valence-electron chi connectivity index (χ3n) is 3.77. The van der Waals surface area contributed by atoms with Gasteiger partial charge in [0.15, 0.2) is 5.78 Å². The summed E-state index contributed by atoms with van der Waals surface area (Å²) in [5.74, 6) is -1.14. The zero-order valence-corrected chi connectivity index (χ0v) is 14.7. The topological polar surface area (TPSA) is 75.7 Å². The van der Waals surface area contributed by atoms with Crippen molar-refractivity contribution in [3.63, 3.8) is 0 Å². The van der Waals surface area contributed by atoms with Crippen LogP contribution in [0.1, 0.15) is 44.0 Å². The Morgan fingerprint density at radius 3 is 2.48 bits per heavy atom. The third-order valence-corrected chi connectivity index (χ3v) is 3.77. The molecule has 6 nitrogen and oxygen atoms in total. The fraction of sp³-hybridized carbons (Fsp3) is 0.500. The minimum absolute atomic E-state index is 0.205. The van der Waals surface area contributed by atoms with Gasteiger partial charge in [-0.3, -0.25) is 14.5 Å². The van der Waals surface area contributed by atoms with Crippen LogP contribution in [0.15, 0.2) is 24.3 Å². The molecule has 1 aromatic rings. The normalized spacial score (nSPS) is 17.3. The zero-order chi connectivity index (χ0) is 18.6. The van der Waals surface area contributed by atoms with E-state index in [0.29, 0.717) is 24.9 Å². The van der Waals surface area contributed by atoms with Crippen LogP contribution < -0.4 is 5.32 Å². The molecule has 0 radical (unpaired) electrons. The van der Waals surface area contributed by atoms with E-state index in [1.54, 1.807) is 20.8 Å². The second-order valence-electron chi connectivity index (χ2n) is 6.98. The smallest absolute Gasteiger partial charge is 0.410 e. The molecule has 25 heavy (non-hydrogen) atoms. The fourth-order valence-corrected chi connectivity index (χ4v) is 2.60. The molecule has 0 aliphatic carbocycles. The van der Waals surface area contributed by atoms with Crippen LogP contribution in [-0.2, 0) is 9.53 Å². The van der Waals surface area contributed by atoms with Crippen molar-refractivity contribution in [3.8, 4) is 0 Å². The summed E-state index contributed by atoms with van der Waals surface area (Å²) >= 11 is 0. The van der Waals surface area contributed by atoms with E-state index in [1.165, 1.54) is 29.2 Å². The molecular weight excluding hydrogens is 327 g/mol. The maximum Gasteiger partial charge on any atom is 0.410 e. The van der Waals surface area contributed by atoms with E-state index in [-0.39, 0.29) is 18.2 Å². The Labute approximate surface area is 146 Å². The largest absolute Gasteiger partial charge is 0.444 e. The number of carbonyl (C=O) groups is 3. The van der Waals surface area contributed by atoms with Gasteiger partial charge < -0.3 is 10.1 Å². The highest BCUT2D eigenvalue weighted by molar-refractivity contribution is 6.00. The van der Waals surface area contributed by atoms with Crippen LogP contribution in [-0.4, -0.2) is 47.4 Å². The summed E-state index contributed by atoms with van der Waals surface area (Å²) in [4.78, 5) is 38.0. The van der Waals surface area contributed by atoms with Gasteiger partial charge in [0, 0.05) is 12.1 Å². The Bertz CT molecular complexity index is 652. The minimum Gasteiger partial charge on any atom is -0.444 e. The van der Waals surface area contributed by atoms with Crippen molar-refractivity contribution >= 4 is 17.8 Å². The predicted octanol–water partition coefficient (Wildman–Crippen LogP) is 2.52. The first kappa shape index (κ1) is 18.9. The van der Waals surface area contributed by atoms with Crippen LogP contribution in [0, 0.1) is 5.82 Å². The van der Waals surface area contributed by atoms with Gasteiger partial charge in [-0.25, -0.2) is 9.18 Å². The first-order valence-electron chi connectivity index (χ1n) is 8.23. The third kappa shape index (κ3) is 5.27. The Morgan fingerprint density at radius 2 is 1.88 bits per heavy atom. The molecule has 1 aliphatic rings. The monoisotopic (exact) mass is 350 g/mol. The minimum atomic E-state index is -0.643. The lowest BCUT2D eigenvalue weighted by atomic mass is 10.1. The van der Waals surface area contributed by atoms with E-state index in [0.717, 1.165) is 0 Å². The van der Waals surface area contributed by atoms with Crippen molar-refractivity contribution in [2.24, 2.45) is 0 Å². The van der Waals surface area contributed by atoms with Gasteiger partial charge in [-0.15, -0.1) is 0 Å². The van der Waals surface area contributed by atoms with Gasteiger partial charge >= 0.3 is 6.09 Å². The molecule has 1 saturated heterocycles. The molecule has 1 N–H and O–H groups in total. The molecule has 0 aromatic heterocycles. The van der Waals surface area contributed by atoms with Crippen LogP contribution >= 0.6 is 0 Å². The first-order chi connectivity index (χ1) is 11.7. The highest BCUT2D eigenvalue weighted by atomic mass is 19.1. The van der Waals surface area contributed by atoms with Crippen molar-refractivity contribution < 1.29 is 23.5 Å². The average molecular weight is 350 g/mol. The quantitative estimate of drug-likeness (QED) is 0.847. The summed E-state index contributed by atoms with van der Waals surface area (Å²) in [7, 11) is 0. The molecular formula is C18H23FN2O4. The summed E-state index contributed by atoms with van der Waals surface area (Å²) < 4.78 is 18.2. The summed E-state index contributed by atoms with van der Waals surface area (Å²) in [6, 6.07) is 4.47. The Hall–Kier alpha value is -2.44. The van der Waals surface area contributed by atoms with Crippen molar-refractivity contribution in [2.45, 2.75) is 45.3 Å². The molecule has 0 spiro atoms. The number of ketones is 1. The number of hydrogen-bond donors (Lipinski definition) is 1. The van der Waals surface area contributed by atoms with Crippen molar-refractivity contribution in [3.05, 3.63) is 35.6 Å². The molecule has 2 amide bonds. The van der Waals surface area contributed by atoms with Crippen molar-refractivity contribution in [1.29, 1.82) is 0 Å². The molecule has 1 heterocycles. The highest BCUT2D eigenvalue weighted by Crippen LogP contribution is 2.21. The number of rotatable bonds is 4. The standard InChI is InChI=1S/C18H23FN2O4/c1-18(2,3)25-17(24)21-10-4-5-14(21)16(23)20-11-15(22)12-6-8-13(19)9-7-12/h6-9,14H,4-5,10-11H2,1-3H3,(H,20,23). The Morgan fingerprint density at radius 1 is 1.24 bits per heavy atom. The number of halogens is 1. The Kier molecular flexibility index (Phi) is 5.77. The molecule has 0 bridgehead atoms. The van der Waals surface area contributed by atoms with E-state index in [9.17, 15) is 18.8 Å². The summed E-state index contributed by atoms with van der Waals surface area (Å²) in [5.41, 5.74) is -0.323. The lowest BCUT2D eigenvalue weighted by molar-refractivity contribution is -0.125. The number of benzene rings is 1. The molecule has 136 valence electrons. The van der Waals surface area contributed by atoms with Gasteiger partial charge in [-0.1, -0.05) is 0 Å². The van der Waals surface area contributed by atoms with E-state index >= 15 is 0 Å². The van der Waals surface area contributed by atoms with E-state index in [4.69, 9.17) is 4.74 Å². The number of likely N-dealkylation sites (tertiary alicyclic amines) is 1. The number of carbonyl (C=O) groups excluding carboxylic acids is 3. The second-order valence-corrected chi connectivity index (χ2v) is 6.98. The molecule has 1 fully saturated rings. The van der Waals surface area contributed by atoms with Crippen molar-refractivity contribution in [1.82, 2.24) is 10.2 Å². The zero-order valence-electron chi connectivity index (χ0n) is 14.7. The van der Waals surface area contributed by atoms with Crippen LogP contribution in [0.3, 0.4) is 0 Å². The Balaban J connectivity index is 1.92. The van der Waals surface area contributed by atoms with E-state index in [2.05, 4.69) is 5.32 Å². The molecule has 2 rings (SSSR count). The molecule has 1 atom stereocenters. The molecule has 7 heteroatoms. The van der Waals surface area contributed by atoms with E-state index < -0.39 is 23.6 Å². The van der Waals surface area contributed by atoms with Gasteiger partial charge in [-0.2, -0.15) is 0 Å². The number of Topliss-reactive ketones (excluding diaryl/α,β-unsaturated/α-hetero) is 1.